The van der Waals surface area contributed by atoms with Gasteiger partial charge in [-0.2, -0.15) is 0 Å². The first-order valence-electron chi connectivity index (χ1n) is 7.71. The average molecular weight is 298 g/mol. The van der Waals surface area contributed by atoms with Gasteiger partial charge < -0.3 is 14.4 Å². The number of nitrogens with zero attached hydrogens (tertiary/aromatic N) is 4. The Hall–Kier alpha value is -2.30. The smallest absolute Gasteiger partial charge is 0.270 e. The molecule has 5 nitrogen and oxygen atoms in total. The molecule has 1 atom stereocenters. The van der Waals surface area contributed by atoms with E-state index in [4.69, 9.17) is 0 Å². The molecule has 1 fully saturated rings. The Balaban J connectivity index is 1.72. The molecule has 0 aromatic carbocycles. The van der Waals surface area contributed by atoms with Crippen LogP contribution in [0.3, 0.4) is 0 Å². The normalized spacial score (nSPS) is 18.3. The van der Waals surface area contributed by atoms with E-state index in [1.807, 2.05) is 66.3 Å². The summed E-state index contributed by atoms with van der Waals surface area (Å²) in [7, 11) is 3.81. The lowest BCUT2D eigenvalue weighted by Gasteiger charge is -2.38. The van der Waals surface area contributed by atoms with Gasteiger partial charge in [-0.15, -0.1) is 0 Å². The van der Waals surface area contributed by atoms with E-state index in [-0.39, 0.29) is 11.9 Å². The Morgan fingerprint density at radius 3 is 2.86 bits per heavy atom. The van der Waals surface area contributed by atoms with Gasteiger partial charge in [0.2, 0.25) is 0 Å². The molecule has 5 heteroatoms. The van der Waals surface area contributed by atoms with E-state index < -0.39 is 0 Å². The van der Waals surface area contributed by atoms with Crippen LogP contribution in [0.4, 0.5) is 5.82 Å². The van der Waals surface area contributed by atoms with Crippen molar-refractivity contribution in [1.82, 2.24) is 14.5 Å². The fraction of sp³-hybridized carbons (Fsp3) is 0.412. The van der Waals surface area contributed by atoms with Crippen molar-refractivity contribution in [2.75, 3.05) is 25.0 Å². The second-order valence-corrected chi connectivity index (χ2v) is 5.85. The molecule has 0 radical (unpaired) electrons. The van der Waals surface area contributed by atoms with Gasteiger partial charge in [-0.05, 0) is 37.1 Å². The molecule has 0 aliphatic carbocycles. The minimum atomic E-state index is 0.0837. The molecule has 0 unspecified atom stereocenters. The number of pyridine rings is 1. The molecule has 22 heavy (non-hydrogen) atoms. The summed E-state index contributed by atoms with van der Waals surface area (Å²) in [5.41, 5.74) is 0.734. The molecule has 116 valence electrons. The number of aromatic nitrogens is 2. The topological polar surface area (TPSA) is 41.4 Å². The molecule has 0 spiro atoms. The van der Waals surface area contributed by atoms with Crippen molar-refractivity contribution in [3.05, 3.63) is 48.4 Å². The Morgan fingerprint density at radius 1 is 1.32 bits per heavy atom. The second-order valence-electron chi connectivity index (χ2n) is 5.85. The maximum Gasteiger partial charge on any atom is 0.270 e. The summed E-state index contributed by atoms with van der Waals surface area (Å²) >= 11 is 0. The zero-order chi connectivity index (χ0) is 15.5. The van der Waals surface area contributed by atoms with Crippen molar-refractivity contribution in [2.45, 2.75) is 18.9 Å². The summed E-state index contributed by atoms with van der Waals surface area (Å²) in [6.45, 7) is 1.84. The van der Waals surface area contributed by atoms with Crippen molar-refractivity contribution < 1.29 is 4.79 Å². The van der Waals surface area contributed by atoms with E-state index in [9.17, 15) is 4.79 Å². The standard InChI is InChI=1S/C17H22N4O/c1-19-11-6-8-15(19)17(22)20(2)14-7-5-12-21(13-14)16-9-3-4-10-18-16/h3-4,6,8-11,14H,5,7,12-13H2,1-2H3/t14-/m1/s1. The van der Waals surface area contributed by atoms with Crippen LogP contribution in [0.1, 0.15) is 23.3 Å². The highest BCUT2D eigenvalue weighted by molar-refractivity contribution is 5.92. The average Bonchev–Trinajstić information content (AvgIpc) is 3.00. The number of hydrogen-bond donors (Lipinski definition) is 0. The molecule has 3 heterocycles. The molecule has 1 aliphatic heterocycles. The Bertz CT molecular complexity index is 637. The van der Waals surface area contributed by atoms with Gasteiger partial charge in [0.05, 0.1) is 0 Å². The number of hydrogen-bond acceptors (Lipinski definition) is 3. The lowest BCUT2D eigenvalue weighted by molar-refractivity contribution is 0.0707. The van der Waals surface area contributed by atoms with Gasteiger partial charge >= 0.3 is 0 Å². The monoisotopic (exact) mass is 298 g/mol. The highest BCUT2D eigenvalue weighted by atomic mass is 16.2. The van der Waals surface area contributed by atoms with Crippen LogP contribution in [0.2, 0.25) is 0 Å². The minimum absolute atomic E-state index is 0.0837. The molecule has 1 saturated heterocycles. The third-order valence-electron chi connectivity index (χ3n) is 4.40. The number of carbonyl (C=O) groups excluding carboxylic acids is 1. The summed E-state index contributed by atoms with van der Waals surface area (Å²) < 4.78 is 1.87. The quantitative estimate of drug-likeness (QED) is 0.872. The van der Waals surface area contributed by atoms with Gasteiger partial charge in [-0.3, -0.25) is 4.79 Å². The molecule has 2 aromatic rings. The van der Waals surface area contributed by atoms with Crippen molar-refractivity contribution in [3.8, 4) is 0 Å². The largest absolute Gasteiger partial charge is 0.355 e. The summed E-state index contributed by atoms with van der Waals surface area (Å²) in [5.74, 6) is 1.08. The van der Waals surface area contributed by atoms with Crippen molar-refractivity contribution in [1.29, 1.82) is 0 Å². The lowest BCUT2D eigenvalue weighted by Crippen LogP contribution is -2.49. The number of amides is 1. The number of piperidine rings is 1. The van der Waals surface area contributed by atoms with Gasteiger partial charge in [0, 0.05) is 45.6 Å². The summed E-state index contributed by atoms with van der Waals surface area (Å²) in [4.78, 5) is 21.2. The number of rotatable bonds is 3. The Labute approximate surface area is 131 Å². The number of likely N-dealkylation sites (N-methyl/N-ethyl adjacent to an activating group) is 1. The lowest BCUT2D eigenvalue weighted by atomic mass is 10.0. The maximum atomic E-state index is 12.6. The molecular formula is C17H22N4O. The highest BCUT2D eigenvalue weighted by Crippen LogP contribution is 2.21. The van der Waals surface area contributed by atoms with Gasteiger partial charge in [-0.1, -0.05) is 6.07 Å². The van der Waals surface area contributed by atoms with E-state index in [1.54, 1.807) is 0 Å². The SMILES string of the molecule is CN(C(=O)c1cccn1C)[C@@H]1CCCN(c2ccccn2)C1. The van der Waals surface area contributed by atoms with Crippen LogP contribution in [0, 0.1) is 0 Å². The van der Waals surface area contributed by atoms with E-state index >= 15 is 0 Å². The van der Waals surface area contributed by atoms with Crippen LogP contribution in [-0.2, 0) is 7.05 Å². The predicted octanol–water partition coefficient (Wildman–Crippen LogP) is 2.16. The maximum absolute atomic E-state index is 12.6. The minimum Gasteiger partial charge on any atom is -0.355 e. The van der Waals surface area contributed by atoms with E-state index in [0.29, 0.717) is 0 Å². The van der Waals surface area contributed by atoms with E-state index in [1.165, 1.54) is 0 Å². The first-order chi connectivity index (χ1) is 10.7. The van der Waals surface area contributed by atoms with Crippen molar-refractivity contribution in [3.63, 3.8) is 0 Å². The van der Waals surface area contributed by atoms with Gasteiger partial charge in [0.15, 0.2) is 0 Å². The Morgan fingerprint density at radius 2 is 2.18 bits per heavy atom. The zero-order valence-electron chi connectivity index (χ0n) is 13.1. The molecule has 0 bridgehead atoms. The Kier molecular flexibility index (Phi) is 4.13. The van der Waals surface area contributed by atoms with Crippen molar-refractivity contribution in [2.24, 2.45) is 7.05 Å². The first kappa shape index (κ1) is 14.6. The number of aryl methyl sites for hydroxylation is 1. The number of carbonyl (C=O) groups is 1. The number of anilines is 1. The fourth-order valence-electron chi connectivity index (χ4n) is 3.05. The summed E-state index contributed by atoms with van der Waals surface area (Å²) in [5, 5.41) is 0. The molecule has 0 N–H and O–H groups in total. The molecule has 3 rings (SSSR count). The fourth-order valence-corrected chi connectivity index (χ4v) is 3.05. The van der Waals surface area contributed by atoms with Crippen LogP contribution in [0.25, 0.3) is 0 Å². The highest BCUT2D eigenvalue weighted by Gasteiger charge is 2.28. The van der Waals surface area contributed by atoms with Crippen molar-refractivity contribution >= 4 is 11.7 Å². The third-order valence-corrected chi connectivity index (χ3v) is 4.40. The molecule has 2 aromatic heterocycles. The van der Waals surface area contributed by atoms with E-state index in [2.05, 4.69) is 9.88 Å². The van der Waals surface area contributed by atoms with Gasteiger partial charge in [0.25, 0.3) is 5.91 Å². The third kappa shape index (κ3) is 2.84. The summed E-state index contributed by atoms with van der Waals surface area (Å²) in [6.07, 6.45) is 5.84. The van der Waals surface area contributed by atoms with Crippen LogP contribution in [-0.4, -0.2) is 46.5 Å². The van der Waals surface area contributed by atoms with E-state index in [0.717, 1.165) is 37.4 Å². The van der Waals surface area contributed by atoms with Gasteiger partial charge in [-0.25, -0.2) is 4.98 Å². The second kappa shape index (κ2) is 6.22. The predicted molar refractivity (Wildman–Crippen MR) is 87.0 cm³/mol. The molecular weight excluding hydrogens is 276 g/mol. The zero-order valence-corrected chi connectivity index (χ0v) is 13.1. The summed E-state index contributed by atoms with van der Waals surface area (Å²) in [6, 6.07) is 9.96. The van der Waals surface area contributed by atoms with Gasteiger partial charge in [0.1, 0.15) is 11.5 Å². The van der Waals surface area contributed by atoms with Crippen LogP contribution in [0.15, 0.2) is 42.7 Å². The van der Waals surface area contributed by atoms with Crippen LogP contribution >= 0.6 is 0 Å². The molecule has 0 saturated carbocycles. The first-order valence-corrected chi connectivity index (χ1v) is 7.71. The molecule has 1 amide bonds. The molecule has 1 aliphatic rings. The van der Waals surface area contributed by atoms with Crippen LogP contribution < -0.4 is 4.90 Å². The van der Waals surface area contributed by atoms with Crippen LogP contribution in [0.5, 0.6) is 0 Å².